The van der Waals surface area contributed by atoms with E-state index in [0.717, 1.165) is 22.6 Å². The van der Waals surface area contributed by atoms with Crippen molar-refractivity contribution in [2.24, 2.45) is 0 Å². The molecule has 1 heterocycles. The minimum absolute atomic E-state index is 0.0949. The first-order valence-electron chi connectivity index (χ1n) is 7.54. The molecule has 5 nitrogen and oxygen atoms in total. The number of hydrogen-bond donors (Lipinski definition) is 1. The largest absolute Gasteiger partial charge is 0.453 e. The molecule has 2 N–H and O–H groups in total. The van der Waals surface area contributed by atoms with Crippen molar-refractivity contribution < 1.29 is 4.42 Å². The summed E-state index contributed by atoms with van der Waals surface area (Å²) in [6, 6.07) is 18.1. The molecule has 0 amide bonds. The van der Waals surface area contributed by atoms with E-state index >= 15 is 0 Å². The Labute approximate surface area is 138 Å². The molecule has 5 heteroatoms. The fraction of sp³-hybridized carbons (Fsp3) is 0.0526. The maximum atomic E-state index is 11.5. The lowest BCUT2D eigenvalue weighted by atomic mass is 10.2. The third-order valence-corrected chi connectivity index (χ3v) is 4.00. The Morgan fingerprint density at radius 3 is 2.50 bits per heavy atom. The van der Waals surface area contributed by atoms with Gasteiger partial charge in [0.25, 0.3) is 0 Å². The molecule has 2 aromatic carbocycles. The van der Waals surface area contributed by atoms with E-state index in [1.807, 2.05) is 54.4 Å². The van der Waals surface area contributed by atoms with Crippen LogP contribution in [0.4, 0.5) is 17.1 Å². The molecule has 24 heavy (non-hydrogen) atoms. The normalized spacial score (nSPS) is 11.0. The molecular weight excluding hydrogens is 302 g/mol. The van der Waals surface area contributed by atoms with Crippen LogP contribution in [0.3, 0.4) is 0 Å². The van der Waals surface area contributed by atoms with Crippen LogP contribution in [0.25, 0.3) is 22.6 Å². The lowest BCUT2D eigenvalue weighted by Crippen LogP contribution is -2.09. The molecule has 0 bridgehead atoms. The van der Waals surface area contributed by atoms with Crippen molar-refractivity contribution in [1.82, 2.24) is 4.98 Å². The Morgan fingerprint density at radius 1 is 0.958 bits per heavy atom. The van der Waals surface area contributed by atoms with Gasteiger partial charge in [-0.05, 0) is 48.5 Å². The molecule has 0 spiro atoms. The van der Waals surface area contributed by atoms with E-state index in [2.05, 4.69) is 4.98 Å². The summed E-state index contributed by atoms with van der Waals surface area (Å²) in [6.07, 6.45) is 0. The van der Waals surface area contributed by atoms with Gasteiger partial charge in [0, 0.05) is 36.2 Å². The van der Waals surface area contributed by atoms with E-state index in [-0.39, 0.29) is 5.43 Å². The maximum absolute atomic E-state index is 11.5. The van der Waals surface area contributed by atoms with Crippen LogP contribution in [0.1, 0.15) is 0 Å². The predicted molar refractivity (Wildman–Crippen MR) is 95.8 cm³/mol. The summed E-state index contributed by atoms with van der Waals surface area (Å²) < 4.78 is 5.86. The smallest absolute Gasteiger partial charge is 0.182 e. The summed E-state index contributed by atoms with van der Waals surface area (Å²) in [5.41, 5.74) is 10.4. The second-order valence-electron chi connectivity index (χ2n) is 5.65. The van der Waals surface area contributed by atoms with Crippen LogP contribution < -0.4 is 16.1 Å². The Hall–Kier alpha value is -3.34. The van der Waals surface area contributed by atoms with Gasteiger partial charge in [-0.25, -0.2) is 4.98 Å². The van der Waals surface area contributed by atoms with Crippen LogP contribution in [-0.4, -0.2) is 12.0 Å². The quantitative estimate of drug-likeness (QED) is 0.451. The molecule has 1 aliphatic heterocycles. The minimum Gasteiger partial charge on any atom is -0.453 e. The minimum atomic E-state index is -0.0949. The number of rotatable bonds is 2. The fourth-order valence-electron chi connectivity index (χ4n) is 2.65. The second-order valence-corrected chi connectivity index (χ2v) is 5.65. The molecule has 0 atom stereocenters. The molecule has 2 aromatic rings. The summed E-state index contributed by atoms with van der Waals surface area (Å²) >= 11 is 0. The van der Waals surface area contributed by atoms with E-state index in [4.69, 9.17) is 10.2 Å². The van der Waals surface area contributed by atoms with Gasteiger partial charge < -0.3 is 15.1 Å². The highest BCUT2D eigenvalue weighted by Crippen LogP contribution is 2.29. The van der Waals surface area contributed by atoms with Crippen molar-refractivity contribution in [3.8, 4) is 11.5 Å². The molecule has 0 unspecified atom stereocenters. The van der Waals surface area contributed by atoms with Crippen LogP contribution >= 0.6 is 0 Å². The van der Waals surface area contributed by atoms with Gasteiger partial charge in [0.05, 0.1) is 0 Å². The van der Waals surface area contributed by atoms with Crippen molar-refractivity contribution in [2.75, 3.05) is 17.7 Å². The number of anilines is 3. The first-order valence-corrected chi connectivity index (χ1v) is 7.54. The fourth-order valence-corrected chi connectivity index (χ4v) is 2.65. The number of benzene rings is 3. The number of nitrogens with two attached hydrogens (primary N) is 1. The van der Waals surface area contributed by atoms with E-state index in [1.165, 1.54) is 12.1 Å². The molecule has 0 saturated heterocycles. The summed E-state index contributed by atoms with van der Waals surface area (Å²) in [4.78, 5) is 18.1. The summed E-state index contributed by atoms with van der Waals surface area (Å²) in [7, 11) is 1.97. The van der Waals surface area contributed by atoms with Crippen molar-refractivity contribution in [1.29, 1.82) is 0 Å². The van der Waals surface area contributed by atoms with Crippen molar-refractivity contribution >= 4 is 28.2 Å². The summed E-state index contributed by atoms with van der Waals surface area (Å²) in [6.45, 7) is 0. The van der Waals surface area contributed by atoms with E-state index in [9.17, 15) is 4.79 Å². The maximum Gasteiger partial charge on any atom is 0.182 e. The third-order valence-electron chi connectivity index (χ3n) is 4.00. The van der Waals surface area contributed by atoms with E-state index in [0.29, 0.717) is 17.0 Å². The first-order chi connectivity index (χ1) is 11.6. The van der Waals surface area contributed by atoms with E-state index < -0.39 is 0 Å². The van der Waals surface area contributed by atoms with Crippen LogP contribution in [0, 0.1) is 0 Å². The average Bonchev–Trinajstić information content (AvgIpc) is 2.59. The van der Waals surface area contributed by atoms with Crippen molar-refractivity contribution in [3.63, 3.8) is 0 Å². The molecule has 0 aromatic heterocycles. The summed E-state index contributed by atoms with van der Waals surface area (Å²) in [5, 5.41) is 0. The van der Waals surface area contributed by atoms with Gasteiger partial charge in [-0.2, -0.15) is 0 Å². The highest BCUT2D eigenvalue weighted by atomic mass is 16.3. The molecule has 0 saturated carbocycles. The standard InChI is InChI=1S/C19H15N3O2/c1-22(13-4-2-12(20)3-5-13)14-6-8-16-18(10-14)24-19-11-15(23)7-9-17(19)21-16/h2-11H,20H2,1H3. The number of aromatic nitrogens is 1. The van der Waals surface area contributed by atoms with Gasteiger partial charge in [-0.15, -0.1) is 0 Å². The zero-order valence-electron chi connectivity index (χ0n) is 13.1. The van der Waals surface area contributed by atoms with Gasteiger partial charge in [-0.1, -0.05) is 0 Å². The van der Waals surface area contributed by atoms with Crippen molar-refractivity contribution in [3.05, 3.63) is 70.9 Å². The highest BCUT2D eigenvalue weighted by Gasteiger charge is 2.11. The van der Waals surface area contributed by atoms with Gasteiger partial charge in [0.15, 0.2) is 16.8 Å². The Morgan fingerprint density at radius 2 is 1.71 bits per heavy atom. The zero-order chi connectivity index (χ0) is 16.7. The predicted octanol–water partition coefficient (Wildman–Crippen LogP) is 3.64. The molecule has 1 aliphatic carbocycles. The Bertz CT molecular complexity index is 1050. The molecular formula is C19H15N3O2. The SMILES string of the molecule is CN(c1ccc(N)cc1)c1ccc2nc3ccc(=O)cc-3oc2c1. The van der Waals surface area contributed by atoms with Gasteiger partial charge >= 0.3 is 0 Å². The van der Waals surface area contributed by atoms with E-state index in [1.54, 1.807) is 6.07 Å². The second kappa shape index (κ2) is 5.38. The van der Waals surface area contributed by atoms with Crippen LogP contribution in [0.5, 0.6) is 0 Å². The van der Waals surface area contributed by atoms with Crippen molar-refractivity contribution in [2.45, 2.75) is 0 Å². The lowest BCUT2D eigenvalue weighted by molar-refractivity contribution is 0.612. The number of hydrogen-bond acceptors (Lipinski definition) is 5. The topological polar surface area (TPSA) is 72.4 Å². The Balaban J connectivity index is 1.82. The molecule has 118 valence electrons. The van der Waals surface area contributed by atoms with Crippen LogP contribution in [0.15, 0.2) is 69.9 Å². The number of fused-ring (bicyclic) bond motifs is 2. The molecule has 0 fully saturated rings. The average molecular weight is 317 g/mol. The Kier molecular flexibility index (Phi) is 3.20. The van der Waals surface area contributed by atoms with Gasteiger partial charge in [0.1, 0.15) is 11.2 Å². The van der Waals surface area contributed by atoms with Crippen LogP contribution in [0.2, 0.25) is 0 Å². The number of nitrogen functional groups attached to an aromatic ring is 1. The summed E-state index contributed by atoms with van der Waals surface area (Å²) in [5.74, 6) is 0.488. The highest BCUT2D eigenvalue weighted by molar-refractivity contribution is 5.81. The van der Waals surface area contributed by atoms with Crippen LogP contribution in [-0.2, 0) is 0 Å². The third kappa shape index (κ3) is 2.46. The van der Waals surface area contributed by atoms with Gasteiger partial charge in [-0.3, -0.25) is 4.79 Å². The molecule has 2 aliphatic rings. The first kappa shape index (κ1) is 14.3. The monoisotopic (exact) mass is 317 g/mol. The number of nitrogens with zero attached hydrogens (tertiary/aromatic N) is 2. The molecule has 4 rings (SSSR count). The van der Waals surface area contributed by atoms with Gasteiger partial charge in [0.2, 0.25) is 0 Å². The lowest BCUT2D eigenvalue weighted by Gasteiger charge is -2.20. The molecule has 0 radical (unpaired) electrons. The zero-order valence-corrected chi connectivity index (χ0v) is 13.1.